The number of nitrogens with zero attached hydrogens (tertiary/aromatic N) is 4. The first-order valence-electron chi connectivity index (χ1n) is 8.22. The highest BCUT2D eigenvalue weighted by molar-refractivity contribution is 6.30. The molecule has 3 atom stereocenters. The number of fused-ring (bicyclic) bond motifs is 1. The Labute approximate surface area is 135 Å². The maximum atomic E-state index is 12.7. The summed E-state index contributed by atoms with van der Waals surface area (Å²) in [5.74, 6) is 2.64. The molecular weight excluding hydrogens is 300 g/mol. The van der Waals surface area contributed by atoms with Crippen molar-refractivity contribution in [2.24, 2.45) is 17.8 Å². The number of likely N-dealkylation sites (tertiary alicyclic amines) is 1. The lowest BCUT2D eigenvalue weighted by Crippen LogP contribution is -2.36. The van der Waals surface area contributed by atoms with Gasteiger partial charge in [0.1, 0.15) is 0 Å². The highest BCUT2D eigenvalue weighted by atomic mass is 35.5. The summed E-state index contributed by atoms with van der Waals surface area (Å²) in [5.41, 5.74) is 0. The third-order valence-corrected chi connectivity index (χ3v) is 5.66. The lowest BCUT2D eigenvalue weighted by Gasteiger charge is -2.22. The second-order valence-corrected chi connectivity index (χ2v) is 7.26. The Balaban J connectivity index is 1.38. The van der Waals surface area contributed by atoms with Gasteiger partial charge < -0.3 is 9.80 Å². The summed E-state index contributed by atoms with van der Waals surface area (Å²) in [5, 5.41) is 0.541. The van der Waals surface area contributed by atoms with E-state index in [-0.39, 0.29) is 5.92 Å². The number of anilines is 1. The molecule has 0 aromatic carbocycles. The molecule has 5 nitrogen and oxygen atoms in total. The molecule has 3 unspecified atom stereocenters. The summed E-state index contributed by atoms with van der Waals surface area (Å²) in [7, 11) is 0. The van der Waals surface area contributed by atoms with E-state index in [0.29, 0.717) is 16.9 Å². The molecule has 1 aliphatic carbocycles. The van der Waals surface area contributed by atoms with Crippen LogP contribution in [0.5, 0.6) is 0 Å². The molecule has 3 aliphatic rings. The zero-order chi connectivity index (χ0) is 15.1. The van der Waals surface area contributed by atoms with E-state index < -0.39 is 0 Å². The minimum atomic E-state index is 0.0955. The van der Waals surface area contributed by atoms with E-state index in [1.165, 1.54) is 19.3 Å². The van der Waals surface area contributed by atoms with E-state index in [9.17, 15) is 4.79 Å². The molecule has 1 aromatic heterocycles. The topological polar surface area (TPSA) is 49.3 Å². The van der Waals surface area contributed by atoms with Crippen LogP contribution >= 0.6 is 11.6 Å². The van der Waals surface area contributed by atoms with Crippen LogP contribution in [0.1, 0.15) is 25.7 Å². The third-order valence-electron chi connectivity index (χ3n) is 5.46. The normalized spacial score (nSPS) is 30.9. The Morgan fingerprint density at radius 3 is 2.45 bits per heavy atom. The van der Waals surface area contributed by atoms with Crippen molar-refractivity contribution in [3.63, 3.8) is 0 Å². The minimum Gasteiger partial charge on any atom is -0.342 e. The van der Waals surface area contributed by atoms with Gasteiger partial charge in [0.05, 0.1) is 23.3 Å². The van der Waals surface area contributed by atoms with Gasteiger partial charge in [-0.05, 0) is 31.1 Å². The fourth-order valence-corrected chi connectivity index (χ4v) is 4.38. The van der Waals surface area contributed by atoms with Crippen molar-refractivity contribution in [3.05, 3.63) is 17.4 Å². The second-order valence-electron chi connectivity index (χ2n) is 6.83. The molecule has 2 aliphatic heterocycles. The fraction of sp³-hybridized carbons (Fsp3) is 0.688. The van der Waals surface area contributed by atoms with Crippen molar-refractivity contribution in [2.75, 3.05) is 31.1 Å². The Morgan fingerprint density at radius 1 is 1.09 bits per heavy atom. The summed E-state index contributed by atoms with van der Waals surface area (Å²) >= 11 is 5.83. The predicted octanol–water partition coefficient (Wildman–Crippen LogP) is 2.21. The molecule has 4 rings (SSSR count). The molecule has 1 amide bonds. The molecule has 3 fully saturated rings. The average molecular weight is 321 g/mol. The maximum absolute atomic E-state index is 12.7. The number of halogens is 1. The van der Waals surface area contributed by atoms with Crippen LogP contribution in [0, 0.1) is 17.8 Å². The van der Waals surface area contributed by atoms with E-state index in [4.69, 9.17) is 11.6 Å². The van der Waals surface area contributed by atoms with Crippen LogP contribution in [0.15, 0.2) is 12.4 Å². The lowest BCUT2D eigenvalue weighted by atomic mass is 10.0. The minimum absolute atomic E-state index is 0.0955. The van der Waals surface area contributed by atoms with Gasteiger partial charge in [0.15, 0.2) is 0 Å². The quantitative estimate of drug-likeness (QED) is 0.838. The lowest BCUT2D eigenvalue weighted by molar-refractivity contribution is -0.134. The number of hydrogen-bond acceptors (Lipinski definition) is 4. The number of aromatic nitrogens is 2. The van der Waals surface area contributed by atoms with Crippen molar-refractivity contribution < 1.29 is 4.79 Å². The summed E-state index contributed by atoms with van der Waals surface area (Å²) < 4.78 is 0. The van der Waals surface area contributed by atoms with E-state index >= 15 is 0 Å². The van der Waals surface area contributed by atoms with Gasteiger partial charge in [-0.15, -0.1) is 0 Å². The highest BCUT2D eigenvalue weighted by Crippen LogP contribution is 2.38. The van der Waals surface area contributed by atoms with Crippen molar-refractivity contribution in [2.45, 2.75) is 25.7 Å². The zero-order valence-electron chi connectivity index (χ0n) is 12.6. The van der Waals surface area contributed by atoms with Crippen LogP contribution in [0.2, 0.25) is 5.02 Å². The summed E-state index contributed by atoms with van der Waals surface area (Å²) in [6.07, 6.45) is 8.09. The number of amides is 1. The van der Waals surface area contributed by atoms with E-state index in [0.717, 1.165) is 44.4 Å². The molecular formula is C16H21ClN4O. The van der Waals surface area contributed by atoms with Gasteiger partial charge in [-0.2, -0.15) is 0 Å². The summed E-state index contributed by atoms with van der Waals surface area (Å²) in [4.78, 5) is 25.5. The maximum Gasteiger partial charge on any atom is 0.227 e. The molecule has 118 valence electrons. The monoisotopic (exact) mass is 320 g/mol. The molecule has 0 spiro atoms. The first-order valence-corrected chi connectivity index (χ1v) is 8.60. The van der Waals surface area contributed by atoms with Gasteiger partial charge in [-0.3, -0.25) is 4.79 Å². The molecule has 1 aromatic rings. The summed E-state index contributed by atoms with van der Waals surface area (Å²) in [6.45, 7) is 3.54. The molecule has 1 saturated carbocycles. The molecule has 22 heavy (non-hydrogen) atoms. The Kier molecular flexibility index (Phi) is 3.68. The Morgan fingerprint density at radius 2 is 1.77 bits per heavy atom. The van der Waals surface area contributed by atoms with Gasteiger partial charge in [0, 0.05) is 26.2 Å². The molecule has 0 bridgehead atoms. The number of hydrogen-bond donors (Lipinski definition) is 0. The van der Waals surface area contributed by atoms with Crippen LogP contribution in [0.4, 0.5) is 5.95 Å². The fourth-order valence-electron chi connectivity index (χ4n) is 4.29. The standard InChI is InChI=1S/C16H21ClN4O/c17-14-6-18-16(19-7-14)20-5-4-13(10-20)15(22)21-8-11-2-1-3-12(11)9-21/h6-7,11-13H,1-5,8-10H2. The highest BCUT2D eigenvalue weighted by Gasteiger charge is 2.41. The Hall–Kier alpha value is -1.36. The van der Waals surface area contributed by atoms with Crippen molar-refractivity contribution in [3.8, 4) is 0 Å². The van der Waals surface area contributed by atoms with E-state index in [1.807, 2.05) is 0 Å². The van der Waals surface area contributed by atoms with Gasteiger partial charge >= 0.3 is 0 Å². The van der Waals surface area contributed by atoms with E-state index in [2.05, 4.69) is 19.8 Å². The molecule has 3 heterocycles. The number of carbonyl (C=O) groups is 1. The zero-order valence-corrected chi connectivity index (χ0v) is 13.4. The van der Waals surface area contributed by atoms with Gasteiger partial charge in [-0.25, -0.2) is 9.97 Å². The molecule has 0 radical (unpaired) electrons. The first kappa shape index (κ1) is 14.2. The van der Waals surface area contributed by atoms with E-state index in [1.54, 1.807) is 12.4 Å². The van der Waals surface area contributed by atoms with Crippen molar-refractivity contribution >= 4 is 23.5 Å². The predicted molar refractivity (Wildman–Crippen MR) is 84.8 cm³/mol. The average Bonchev–Trinajstić information content (AvgIpc) is 3.22. The molecule has 6 heteroatoms. The van der Waals surface area contributed by atoms with Crippen LogP contribution in [-0.4, -0.2) is 47.0 Å². The van der Waals surface area contributed by atoms with Gasteiger partial charge in [-0.1, -0.05) is 18.0 Å². The molecule has 2 saturated heterocycles. The van der Waals surface area contributed by atoms with Crippen LogP contribution in [-0.2, 0) is 4.79 Å². The van der Waals surface area contributed by atoms with Crippen LogP contribution in [0.3, 0.4) is 0 Å². The molecule has 0 N–H and O–H groups in total. The van der Waals surface area contributed by atoms with Gasteiger partial charge in [0.2, 0.25) is 11.9 Å². The second kappa shape index (κ2) is 5.69. The third kappa shape index (κ3) is 2.56. The Bertz CT molecular complexity index is 552. The smallest absolute Gasteiger partial charge is 0.227 e. The van der Waals surface area contributed by atoms with Crippen molar-refractivity contribution in [1.82, 2.24) is 14.9 Å². The van der Waals surface area contributed by atoms with Crippen LogP contribution in [0.25, 0.3) is 0 Å². The number of carbonyl (C=O) groups excluding carboxylic acids is 1. The number of rotatable bonds is 2. The van der Waals surface area contributed by atoms with Crippen LogP contribution < -0.4 is 4.90 Å². The van der Waals surface area contributed by atoms with Gasteiger partial charge in [0.25, 0.3) is 0 Å². The summed E-state index contributed by atoms with van der Waals surface area (Å²) in [6, 6.07) is 0. The SMILES string of the molecule is O=C(C1CCN(c2ncc(Cl)cn2)C1)N1CC2CCCC2C1. The first-order chi connectivity index (χ1) is 10.7. The largest absolute Gasteiger partial charge is 0.342 e. The van der Waals surface area contributed by atoms with Crippen molar-refractivity contribution in [1.29, 1.82) is 0 Å².